The zero-order chi connectivity index (χ0) is 16.1. The molecule has 23 heavy (non-hydrogen) atoms. The maximum absolute atomic E-state index is 13.1. The van der Waals surface area contributed by atoms with Crippen LogP contribution in [0.2, 0.25) is 0 Å². The minimum absolute atomic E-state index is 0. The SMILES string of the molecule is CC1(C)CC(=O)c2sc(NC(=O)C3CC(F)(F)CN3)nc2C1.Cl. The van der Waals surface area contributed by atoms with Gasteiger partial charge in [-0.2, -0.15) is 0 Å². The molecule has 1 atom stereocenters. The van der Waals surface area contributed by atoms with Crippen molar-refractivity contribution in [2.24, 2.45) is 5.41 Å². The second-order valence-electron chi connectivity index (χ2n) is 6.72. The molecule has 1 aliphatic heterocycles. The lowest BCUT2D eigenvalue weighted by Gasteiger charge is -2.26. The van der Waals surface area contributed by atoms with Crippen LogP contribution in [0, 0.1) is 5.41 Å². The number of hydrogen-bond donors (Lipinski definition) is 2. The Kier molecular flexibility index (Phi) is 4.81. The van der Waals surface area contributed by atoms with Crippen LogP contribution >= 0.6 is 23.7 Å². The first-order chi connectivity index (χ1) is 10.2. The summed E-state index contributed by atoms with van der Waals surface area (Å²) in [6.45, 7) is 3.50. The molecule has 0 spiro atoms. The van der Waals surface area contributed by atoms with Gasteiger partial charge in [-0.15, -0.1) is 12.4 Å². The molecular formula is C14H18ClF2N3O2S. The van der Waals surface area contributed by atoms with Gasteiger partial charge in [-0.1, -0.05) is 25.2 Å². The van der Waals surface area contributed by atoms with Gasteiger partial charge in [0.15, 0.2) is 10.9 Å². The summed E-state index contributed by atoms with van der Waals surface area (Å²) in [5.41, 5.74) is 0.542. The van der Waals surface area contributed by atoms with E-state index < -0.39 is 30.8 Å². The molecule has 1 saturated heterocycles. The number of carbonyl (C=O) groups is 2. The van der Waals surface area contributed by atoms with Crippen molar-refractivity contribution in [2.45, 2.75) is 45.1 Å². The number of ketones is 1. The van der Waals surface area contributed by atoms with E-state index in [1.54, 1.807) is 0 Å². The van der Waals surface area contributed by atoms with E-state index in [2.05, 4.69) is 15.6 Å². The van der Waals surface area contributed by atoms with Gasteiger partial charge in [-0.3, -0.25) is 14.9 Å². The Hall–Kier alpha value is -1.12. The minimum Gasteiger partial charge on any atom is -0.301 e. The number of fused-ring (bicyclic) bond motifs is 1. The number of halogens is 3. The predicted molar refractivity (Wildman–Crippen MR) is 85.8 cm³/mol. The van der Waals surface area contributed by atoms with E-state index in [4.69, 9.17) is 0 Å². The monoisotopic (exact) mass is 365 g/mol. The molecule has 1 aromatic rings. The highest BCUT2D eigenvalue weighted by Gasteiger charge is 2.42. The Morgan fingerprint density at radius 3 is 2.70 bits per heavy atom. The lowest BCUT2D eigenvalue weighted by molar-refractivity contribution is -0.118. The second-order valence-corrected chi connectivity index (χ2v) is 7.72. The van der Waals surface area contributed by atoms with E-state index in [9.17, 15) is 18.4 Å². The molecule has 0 bridgehead atoms. The van der Waals surface area contributed by atoms with Crippen molar-refractivity contribution in [3.8, 4) is 0 Å². The topological polar surface area (TPSA) is 71.1 Å². The molecular weight excluding hydrogens is 348 g/mol. The molecule has 2 aliphatic rings. The Labute approximate surface area is 142 Å². The van der Waals surface area contributed by atoms with Crippen LogP contribution in [0.15, 0.2) is 0 Å². The van der Waals surface area contributed by atoms with Gasteiger partial charge in [0.2, 0.25) is 5.91 Å². The number of amides is 1. The third-order valence-electron chi connectivity index (χ3n) is 3.89. The normalized spacial score (nSPS) is 24.7. The minimum atomic E-state index is -2.86. The van der Waals surface area contributed by atoms with Gasteiger partial charge in [-0.25, -0.2) is 13.8 Å². The Balaban J connectivity index is 0.00000192. The van der Waals surface area contributed by atoms with E-state index in [1.165, 1.54) is 0 Å². The summed E-state index contributed by atoms with van der Waals surface area (Å²) in [5, 5.41) is 5.35. The zero-order valence-corrected chi connectivity index (χ0v) is 14.4. The fourth-order valence-corrected chi connectivity index (χ4v) is 3.79. The summed E-state index contributed by atoms with van der Waals surface area (Å²) >= 11 is 1.12. The van der Waals surface area contributed by atoms with E-state index in [0.29, 0.717) is 28.5 Å². The van der Waals surface area contributed by atoms with Crippen LogP contribution in [0.25, 0.3) is 0 Å². The molecule has 1 aromatic heterocycles. The highest BCUT2D eigenvalue weighted by molar-refractivity contribution is 7.17. The third-order valence-corrected chi connectivity index (χ3v) is 4.95. The Morgan fingerprint density at radius 2 is 2.09 bits per heavy atom. The van der Waals surface area contributed by atoms with Crippen LogP contribution in [0.1, 0.15) is 42.1 Å². The van der Waals surface area contributed by atoms with Gasteiger partial charge in [0.1, 0.15) is 0 Å². The summed E-state index contributed by atoms with van der Waals surface area (Å²) in [4.78, 5) is 29.0. The summed E-state index contributed by atoms with van der Waals surface area (Å²) in [7, 11) is 0. The van der Waals surface area contributed by atoms with E-state index in [0.717, 1.165) is 11.3 Å². The molecule has 2 N–H and O–H groups in total. The molecule has 0 aromatic carbocycles. The smallest absolute Gasteiger partial charge is 0.262 e. The first-order valence-corrected chi connectivity index (χ1v) is 7.92. The van der Waals surface area contributed by atoms with Crippen molar-refractivity contribution < 1.29 is 18.4 Å². The fourth-order valence-electron chi connectivity index (χ4n) is 2.87. The second kappa shape index (κ2) is 6.07. The van der Waals surface area contributed by atoms with Gasteiger partial charge < -0.3 is 5.32 Å². The molecule has 1 unspecified atom stereocenters. The summed E-state index contributed by atoms with van der Waals surface area (Å²) in [6.07, 6.45) is 0.599. The zero-order valence-electron chi connectivity index (χ0n) is 12.7. The number of nitrogens with zero attached hydrogens (tertiary/aromatic N) is 1. The number of rotatable bonds is 2. The number of Topliss-reactive ketones (excluding diaryl/α,β-unsaturated/α-hetero) is 1. The molecule has 0 radical (unpaired) electrons. The molecule has 0 saturated carbocycles. The van der Waals surface area contributed by atoms with Crippen molar-refractivity contribution in [2.75, 3.05) is 11.9 Å². The molecule has 2 heterocycles. The lowest BCUT2D eigenvalue weighted by Crippen LogP contribution is -2.35. The molecule has 1 amide bonds. The highest BCUT2D eigenvalue weighted by atomic mass is 35.5. The summed E-state index contributed by atoms with van der Waals surface area (Å²) in [6, 6.07) is -0.928. The first-order valence-electron chi connectivity index (χ1n) is 7.10. The van der Waals surface area contributed by atoms with Gasteiger partial charge in [0, 0.05) is 12.8 Å². The quantitative estimate of drug-likeness (QED) is 0.845. The first kappa shape index (κ1) is 18.2. The predicted octanol–water partition coefficient (Wildman–Crippen LogP) is 2.66. The van der Waals surface area contributed by atoms with Crippen molar-refractivity contribution in [1.29, 1.82) is 0 Å². The van der Waals surface area contributed by atoms with Gasteiger partial charge in [0.05, 0.1) is 23.2 Å². The number of anilines is 1. The summed E-state index contributed by atoms with van der Waals surface area (Å²) < 4.78 is 26.2. The van der Waals surface area contributed by atoms with Crippen molar-refractivity contribution in [3.63, 3.8) is 0 Å². The molecule has 5 nitrogen and oxygen atoms in total. The van der Waals surface area contributed by atoms with Crippen LogP contribution in [0.5, 0.6) is 0 Å². The lowest BCUT2D eigenvalue weighted by atomic mass is 9.78. The van der Waals surface area contributed by atoms with Gasteiger partial charge in [0.25, 0.3) is 5.92 Å². The van der Waals surface area contributed by atoms with Crippen molar-refractivity contribution in [1.82, 2.24) is 10.3 Å². The number of hydrogen-bond acceptors (Lipinski definition) is 5. The number of aromatic nitrogens is 1. The van der Waals surface area contributed by atoms with Crippen LogP contribution < -0.4 is 10.6 Å². The van der Waals surface area contributed by atoms with Gasteiger partial charge >= 0.3 is 0 Å². The van der Waals surface area contributed by atoms with E-state index in [-0.39, 0.29) is 23.6 Å². The molecule has 3 rings (SSSR count). The fraction of sp³-hybridized carbons (Fsp3) is 0.643. The van der Waals surface area contributed by atoms with E-state index in [1.807, 2.05) is 13.8 Å². The average Bonchev–Trinajstić information content (AvgIpc) is 2.91. The Morgan fingerprint density at radius 1 is 1.39 bits per heavy atom. The number of nitrogens with one attached hydrogen (secondary N) is 2. The van der Waals surface area contributed by atoms with Gasteiger partial charge in [-0.05, 0) is 11.8 Å². The van der Waals surface area contributed by atoms with Crippen LogP contribution in [0.3, 0.4) is 0 Å². The standard InChI is InChI=1S/C14H17F2N3O2S.ClH/c1-13(2)3-7-10(9(20)5-13)22-12(18-7)19-11(21)8-4-14(15,16)6-17-8;/h8,17H,3-6H2,1-2H3,(H,18,19,21);1H. The molecule has 1 fully saturated rings. The number of alkyl halides is 2. The van der Waals surface area contributed by atoms with Crippen LogP contribution in [-0.2, 0) is 11.2 Å². The maximum Gasteiger partial charge on any atom is 0.262 e. The third kappa shape index (κ3) is 3.87. The van der Waals surface area contributed by atoms with Crippen molar-refractivity contribution in [3.05, 3.63) is 10.6 Å². The summed E-state index contributed by atoms with van der Waals surface area (Å²) in [5.74, 6) is -3.37. The van der Waals surface area contributed by atoms with Crippen LogP contribution in [-0.4, -0.2) is 35.2 Å². The average molecular weight is 366 g/mol. The van der Waals surface area contributed by atoms with Crippen LogP contribution in [0.4, 0.5) is 13.9 Å². The molecule has 9 heteroatoms. The van der Waals surface area contributed by atoms with Crippen molar-refractivity contribution >= 4 is 40.6 Å². The Bertz CT molecular complexity index is 648. The maximum atomic E-state index is 13.1. The molecule has 128 valence electrons. The van der Waals surface area contributed by atoms with E-state index >= 15 is 0 Å². The largest absolute Gasteiger partial charge is 0.301 e. The molecule has 1 aliphatic carbocycles. The highest BCUT2D eigenvalue weighted by Crippen LogP contribution is 2.38. The number of carbonyl (C=O) groups excluding carboxylic acids is 2. The number of thiazole rings is 1.